The normalized spacial score (nSPS) is 10.7. The van der Waals surface area contributed by atoms with Gasteiger partial charge in [0.15, 0.2) is 0 Å². The van der Waals surface area contributed by atoms with E-state index in [1.165, 1.54) is 5.56 Å². The fraction of sp³-hybridized carbons (Fsp3) is 0.0962. The molecule has 290 valence electrons. The third-order valence-electron chi connectivity index (χ3n) is 9.46. The smallest absolute Gasteiger partial charge is 0.132 e. The Labute approximate surface area is 360 Å². The van der Waals surface area contributed by atoms with Crippen molar-refractivity contribution in [2.75, 3.05) is 0 Å². The molecule has 0 bridgehead atoms. The van der Waals surface area contributed by atoms with Gasteiger partial charge in [-0.25, -0.2) is 0 Å². The Hall–Kier alpha value is -5.44. The molecule has 8 rings (SSSR count). The molecule has 7 aromatic carbocycles. The van der Waals surface area contributed by atoms with Crippen LogP contribution in [-0.4, -0.2) is 9.51 Å². The SMILES string of the molecule is CC(C)([CH]=[W]=[N]c1c(Cl)cccc1Cl)c1ccccc1.Cc1ccc(C)[n-]1.Oc1c(-c2ccccc2)c(-c2ccccc2)cc(-c2ccccc2)c1-c1ccccc1. The third kappa shape index (κ3) is 10.9. The summed E-state index contributed by atoms with van der Waals surface area (Å²) in [6, 6.07) is 63.0. The summed E-state index contributed by atoms with van der Waals surface area (Å²) in [5, 5.41) is 13.0. The first-order valence-corrected chi connectivity index (χ1v) is 22.8. The van der Waals surface area contributed by atoms with Gasteiger partial charge in [0.05, 0.1) is 0 Å². The second-order valence-corrected chi connectivity index (χ2v) is 17.3. The van der Waals surface area contributed by atoms with E-state index in [9.17, 15) is 5.11 Å². The van der Waals surface area contributed by atoms with Gasteiger partial charge in [-0.05, 0) is 39.4 Å². The number of hydrogen-bond acceptors (Lipinski definition) is 2. The molecule has 0 atom stereocenters. The maximum Gasteiger partial charge on any atom is 0.132 e. The summed E-state index contributed by atoms with van der Waals surface area (Å²) in [7, 11) is 0. The maximum atomic E-state index is 11.8. The minimum atomic E-state index is -1.01. The van der Waals surface area contributed by atoms with Crippen molar-refractivity contribution in [1.29, 1.82) is 0 Å². The Morgan fingerprint density at radius 1 is 0.517 bits per heavy atom. The van der Waals surface area contributed by atoms with Crippen LogP contribution in [0.15, 0.2) is 192 Å². The molecule has 0 unspecified atom stereocenters. The van der Waals surface area contributed by atoms with Crippen molar-refractivity contribution in [3.8, 4) is 50.3 Å². The van der Waals surface area contributed by atoms with Gasteiger partial charge in [0, 0.05) is 11.1 Å². The quantitative estimate of drug-likeness (QED) is 0.173. The molecule has 0 aliphatic carbocycles. The molecule has 1 heterocycles. The average Bonchev–Trinajstić information content (AvgIpc) is 3.65. The van der Waals surface area contributed by atoms with Gasteiger partial charge < -0.3 is 10.1 Å². The van der Waals surface area contributed by atoms with Crippen molar-refractivity contribution >= 4 is 33.3 Å². The first-order chi connectivity index (χ1) is 28.1. The Morgan fingerprint density at radius 3 is 1.28 bits per heavy atom. The minimum absolute atomic E-state index is 0.0309. The molecule has 0 fully saturated rings. The number of benzene rings is 7. The van der Waals surface area contributed by atoms with Crippen LogP contribution in [0.25, 0.3) is 44.5 Å². The van der Waals surface area contributed by atoms with Gasteiger partial charge in [0.25, 0.3) is 0 Å². The zero-order valence-electron chi connectivity index (χ0n) is 33.0. The van der Waals surface area contributed by atoms with Crippen LogP contribution in [-0.2, 0) is 23.3 Å². The molecule has 3 nitrogen and oxygen atoms in total. The van der Waals surface area contributed by atoms with Crippen LogP contribution in [0.4, 0.5) is 5.69 Å². The van der Waals surface area contributed by atoms with Crippen LogP contribution >= 0.6 is 23.2 Å². The largest absolute Gasteiger partial charge is 0.665 e. The summed E-state index contributed by atoms with van der Waals surface area (Å²) in [5.74, 6) is 0.303. The van der Waals surface area contributed by atoms with Gasteiger partial charge in [0.1, 0.15) is 5.75 Å². The number of aromatic hydroxyl groups is 1. The van der Waals surface area contributed by atoms with E-state index in [0.717, 1.165) is 61.6 Å². The van der Waals surface area contributed by atoms with E-state index in [0.29, 0.717) is 15.8 Å². The Bertz CT molecular complexity index is 2460. The van der Waals surface area contributed by atoms with Gasteiger partial charge in [-0.1, -0.05) is 147 Å². The predicted octanol–water partition coefficient (Wildman–Crippen LogP) is 15.0. The average molecular weight is 969 g/mol. The topological polar surface area (TPSA) is 46.7 Å². The molecule has 8 aromatic rings. The molecule has 0 aliphatic rings. The zero-order chi connectivity index (χ0) is 40.9. The third-order valence-corrected chi connectivity index (χ3v) is 13.6. The molecule has 58 heavy (non-hydrogen) atoms. The number of hydrogen-bond donors (Lipinski definition) is 1. The van der Waals surface area contributed by atoms with Crippen molar-refractivity contribution < 1.29 is 23.0 Å². The Kier molecular flexibility index (Phi) is 14.8. The summed E-state index contributed by atoms with van der Waals surface area (Å²) in [6.07, 6.45) is 0. The van der Waals surface area contributed by atoms with Gasteiger partial charge >= 0.3 is 138 Å². The van der Waals surface area contributed by atoms with Crippen molar-refractivity contribution in [2.45, 2.75) is 33.1 Å². The van der Waals surface area contributed by atoms with Crippen LogP contribution in [0.3, 0.4) is 0 Å². The fourth-order valence-electron chi connectivity index (χ4n) is 6.47. The summed E-state index contributed by atoms with van der Waals surface area (Å²) < 4.78 is 7.00. The minimum Gasteiger partial charge on any atom is -0.665 e. The number of halogens is 2. The summed E-state index contributed by atoms with van der Waals surface area (Å²) in [4.78, 5) is 4.11. The zero-order valence-corrected chi connectivity index (χ0v) is 37.4. The molecular weight excluding hydrogens is 923 g/mol. The van der Waals surface area contributed by atoms with E-state index in [1.54, 1.807) is 0 Å². The molecule has 0 spiro atoms. The molecule has 0 saturated carbocycles. The second kappa shape index (κ2) is 20.3. The summed E-state index contributed by atoms with van der Waals surface area (Å²) in [6.45, 7) is 8.41. The van der Waals surface area contributed by atoms with Gasteiger partial charge in [-0.2, -0.15) is 11.4 Å². The number of aryl methyl sites for hydroxylation is 2. The molecular formula is C52H45Cl2N2OW-. The molecule has 0 amide bonds. The van der Waals surface area contributed by atoms with Crippen molar-refractivity contribution in [3.05, 3.63) is 215 Å². The van der Waals surface area contributed by atoms with Crippen LogP contribution in [0.5, 0.6) is 5.75 Å². The number of rotatable bonds is 7. The van der Waals surface area contributed by atoms with Gasteiger partial charge in [-0.3, -0.25) is 0 Å². The van der Waals surface area contributed by atoms with Crippen molar-refractivity contribution in [1.82, 2.24) is 4.98 Å². The molecule has 1 N–H and O–H groups in total. The van der Waals surface area contributed by atoms with Gasteiger partial charge in [-0.15, -0.1) is 0 Å². The van der Waals surface area contributed by atoms with Gasteiger partial charge in [0.2, 0.25) is 0 Å². The Balaban J connectivity index is 0.000000179. The number of nitrogens with zero attached hydrogens (tertiary/aromatic N) is 2. The monoisotopic (exact) mass is 967 g/mol. The van der Waals surface area contributed by atoms with Crippen molar-refractivity contribution in [2.24, 2.45) is 3.50 Å². The van der Waals surface area contributed by atoms with Crippen LogP contribution in [0.2, 0.25) is 10.0 Å². The van der Waals surface area contributed by atoms with Crippen LogP contribution in [0.1, 0.15) is 30.8 Å². The van der Waals surface area contributed by atoms with E-state index in [4.69, 9.17) is 23.2 Å². The molecule has 1 aromatic heterocycles. The van der Waals surface area contributed by atoms with E-state index in [1.807, 2.05) is 123 Å². The second-order valence-electron chi connectivity index (χ2n) is 14.2. The van der Waals surface area contributed by atoms with Crippen LogP contribution in [0, 0.1) is 13.8 Å². The summed E-state index contributed by atoms with van der Waals surface area (Å²) >= 11 is 11.3. The number of phenols is 1. The van der Waals surface area contributed by atoms with E-state index < -0.39 is 17.9 Å². The predicted molar refractivity (Wildman–Crippen MR) is 243 cm³/mol. The fourth-order valence-corrected chi connectivity index (χ4v) is 10.1. The molecule has 0 saturated heterocycles. The molecule has 6 heteroatoms. The van der Waals surface area contributed by atoms with E-state index in [2.05, 4.69) is 106 Å². The molecule has 0 aliphatic heterocycles. The molecule has 0 radical (unpaired) electrons. The maximum absolute atomic E-state index is 11.8. The number of aromatic nitrogens is 1. The van der Waals surface area contributed by atoms with Crippen LogP contribution < -0.4 is 4.98 Å². The Morgan fingerprint density at radius 2 is 0.897 bits per heavy atom. The van der Waals surface area contributed by atoms with E-state index in [-0.39, 0.29) is 5.41 Å². The summed E-state index contributed by atoms with van der Waals surface area (Å²) in [5.41, 5.74) is 12.2. The first-order valence-electron chi connectivity index (χ1n) is 19.0. The first kappa shape index (κ1) is 42.2. The standard InChI is InChI=1S/C30H22O.C10H12.C6H3Cl2N.C6H8N.W/c31-30-28(24-17-9-3-10-18-24)26(22-13-5-1-6-14-22)21-27(23-15-7-2-8-16-23)29(30)25-19-11-4-12-20-25;1-10(2,3)9-7-5-4-6-8-9;7-4-2-1-3-5(8)6(4)9;1-5-3-4-6(2)7-5;/h1-21,31H;1,4-8H,2-3H3;1-3H;3-4H,1-2H3;/q;;;-1;. The van der Waals surface area contributed by atoms with E-state index >= 15 is 0 Å². The van der Waals surface area contributed by atoms with Crippen molar-refractivity contribution in [3.63, 3.8) is 0 Å². The number of phenolic OH excluding ortho intramolecular Hbond substituents is 1.